The Morgan fingerprint density at radius 2 is 1.93 bits per heavy atom. The molecule has 2 heterocycles. The van der Waals surface area contributed by atoms with Crippen molar-refractivity contribution < 1.29 is 18.0 Å². The third kappa shape index (κ3) is 3.99. The van der Waals surface area contributed by atoms with Gasteiger partial charge >= 0.3 is 6.18 Å². The van der Waals surface area contributed by atoms with Gasteiger partial charge in [-0.1, -0.05) is 29.8 Å². The fourth-order valence-electron chi connectivity index (χ4n) is 2.45. The molecule has 0 unspecified atom stereocenters. The van der Waals surface area contributed by atoms with Gasteiger partial charge in [0.15, 0.2) is 11.6 Å². The smallest absolute Gasteiger partial charge is 0.294 e. The second-order valence-electron chi connectivity index (χ2n) is 5.51. The number of alkyl halides is 3. The van der Waals surface area contributed by atoms with E-state index in [1.54, 1.807) is 0 Å². The summed E-state index contributed by atoms with van der Waals surface area (Å²) in [5.74, 6) is -0.382. The molecule has 5 nitrogen and oxygen atoms in total. The van der Waals surface area contributed by atoms with Gasteiger partial charge < -0.3 is 0 Å². The maximum Gasteiger partial charge on any atom is 0.417 e. The summed E-state index contributed by atoms with van der Waals surface area (Å²) >= 11 is 5.88. The van der Waals surface area contributed by atoms with Crippen LogP contribution in [0.2, 0.25) is 5.15 Å². The highest BCUT2D eigenvalue weighted by atomic mass is 35.5. The summed E-state index contributed by atoms with van der Waals surface area (Å²) in [6.07, 6.45) is -3.41. The molecule has 0 saturated carbocycles. The monoisotopic (exact) mass is 390 g/mol. The maximum absolute atomic E-state index is 13.1. The maximum atomic E-state index is 13.1. The second kappa shape index (κ2) is 7.21. The van der Waals surface area contributed by atoms with Gasteiger partial charge in [-0.15, -0.1) is 0 Å². The molecule has 0 N–H and O–H groups in total. The van der Waals surface area contributed by atoms with E-state index in [4.69, 9.17) is 16.9 Å². The first kappa shape index (κ1) is 18.6. The highest BCUT2D eigenvalue weighted by Crippen LogP contribution is 2.32. The summed E-state index contributed by atoms with van der Waals surface area (Å²) in [7, 11) is 0. The Morgan fingerprint density at radius 1 is 1.19 bits per heavy atom. The van der Waals surface area contributed by atoms with Crippen LogP contribution in [0.5, 0.6) is 0 Å². The molecule has 0 aliphatic carbocycles. The number of ketones is 1. The van der Waals surface area contributed by atoms with Crippen molar-refractivity contribution in [3.63, 3.8) is 0 Å². The topological polar surface area (TPSA) is 71.6 Å². The zero-order chi connectivity index (χ0) is 19.6. The van der Waals surface area contributed by atoms with Crippen molar-refractivity contribution in [1.82, 2.24) is 14.8 Å². The zero-order valence-electron chi connectivity index (χ0n) is 13.5. The van der Waals surface area contributed by atoms with Crippen LogP contribution in [0, 0.1) is 11.3 Å². The van der Waals surface area contributed by atoms with Crippen LogP contribution in [0.3, 0.4) is 0 Å². The average molecular weight is 391 g/mol. The van der Waals surface area contributed by atoms with Crippen LogP contribution in [0.25, 0.3) is 5.82 Å². The van der Waals surface area contributed by atoms with Crippen molar-refractivity contribution in [1.29, 1.82) is 5.26 Å². The summed E-state index contributed by atoms with van der Waals surface area (Å²) in [4.78, 5) is 16.4. The molecule has 2 aromatic heterocycles. The lowest BCUT2D eigenvalue weighted by Crippen LogP contribution is -2.14. The van der Waals surface area contributed by atoms with Crippen molar-refractivity contribution in [2.45, 2.75) is 12.6 Å². The largest absolute Gasteiger partial charge is 0.417 e. The molecular weight excluding hydrogens is 381 g/mol. The Hall–Kier alpha value is -3.18. The minimum Gasteiger partial charge on any atom is -0.294 e. The van der Waals surface area contributed by atoms with Crippen LogP contribution >= 0.6 is 11.6 Å². The first-order valence-corrected chi connectivity index (χ1v) is 7.98. The Labute approximate surface area is 156 Å². The Morgan fingerprint density at radius 3 is 2.59 bits per heavy atom. The fourth-order valence-corrected chi connectivity index (χ4v) is 2.64. The van der Waals surface area contributed by atoms with Gasteiger partial charge in [0.05, 0.1) is 23.2 Å². The van der Waals surface area contributed by atoms with E-state index < -0.39 is 23.1 Å². The molecule has 0 atom stereocenters. The molecule has 3 aromatic rings. The summed E-state index contributed by atoms with van der Waals surface area (Å²) in [5.41, 5.74) is -0.903. The molecule has 1 aromatic carbocycles. The Kier molecular flexibility index (Phi) is 4.97. The lowest BCUT2D eigenvalue weighted by Gasteiger charge is -2.11. The molecule has 0 aliphatic heterocycles. The van der Waals surface area contributed by atoms with Gasteiger partial charge in [-0.2, -0.15) is 23.5 Å². The summed E-state index contributed by atoms with van der Waals surface area (Å²) < 4.78 is 40.5. The molecule has 0 saturated heterocycles. The number of Topliss-reactive ketones (excluding diaryl/α,β-unsaturated/α-hetero) is 1. The molecule has 3 rings (SSSR count). The molecule has 136 valence electrons. The number of hydrogen-bond donors (Lipinski definition) is 0. The summed E-state index contributed by atoms with van der Waals surface area (Å²) in [6.45, 7) is 0. The van der Waals surface area contributed by atoms with Crippen LogP contribution in [-0.2, 0) is 12.6 Å². The molecule has 0 amide bonds. The van der Waals surface area contributed by atoms with Crippen LogP contribution in [-0.4, -0.2) is 20.5 Å². The molecule has 0 bridgehead atoms. The number of carbonyl (C=O) groups is 1. The third-order valence-corrected chi connectivity index (χ3v) is 4.00. The number of carbonyl (C=O) groups excluding carboxylic acids is 1. The number of hydrogen-bond acceptors (Lipinski definition) is 4. The molecule has 0 aliphatic rings. The van der Waals surface area contributed by atoms with Crippen LogP contribution in [0.4, 0.5) is 13.2 Å². The van der Waals surface area contributed by atoms with E-state index in [1.165, 1.54) is 41.2 Å². The number of nitrogens with zero attached hydrogens (tertiary/aromatic N) is 4. The second-order valence-corrected chi connectivity index (χ2v) is 5.87. The molecule has 0 fully saturated rings. The lowest BCUT2D eigenvalue weighted by molar-refractivity contribution is -0.137. The number of pyridine rings is 1. The molecular formula is C18H10ClF3N4O. The number of benzene rings is 1. The van der Waals surface area contributed by atoms with Crippen molar-refractivity contribution in [3.8, 4) is 11.9 Å². The predicted molar refractivity (Wildman–Crippen MR) is 90.6 cm³/mol. The van der Waals surface area contributed by atoms with Crippen LogP contribution in [0.1, 0.15) is 27.2 Å². The molecule has 9 heteroatoms. The predicted octanol–water partition coefficient (Wildman–Crippen LogP) is 4.24. The van der Waals surface area contributed by atoms with Gasteiger partial charge in [0.2, 0.25) is 0 Å². The van der Waals surface area contributed by atoms with E-state index in [9.17, 15) is 18.0 Å². The van der Waals surface area contributed by atoms with E-state index in [0.717, 1.165) is 12.1 Å². The molecule has 0 spiro atoms. The van der Waals surface area contributed by atoms with Crippen molar-refractivity contribution in [2.75, 3.05) is 0 Å². The molecule has 0 radical (unpaired) electrons. The quantitative estimate of drug-likeness (QED) is 0.493. The van der Waals surface area contributed by atoms with E-state index in [0.29, 0.717) is 5.82 Å². The van der Waals surface area contributed by atoms with Crippen molar-refractivity contribution in [2.24, 2.45) is 0 Å². The van der Waals surface area contributed by atoms with Crippen molar-refractivity contribution >= 4 is 17.4 Å². The number of halogens is 4. The van der Waals surface area contributed by atoms with Gasteiger partial charge in [-0.3, -0.25) is 4.79 Å². The first-order valence-electron chi connectivity index (χ1n) is 7.60. The Bertz CT molecular complexity index is 1050. The number of rotatable bonds is 4. The van der Waals surface area contributed by atoms with Crippen LogP contribution < -0.4 is 0 Å². The van der Waals surface area contributed by atoms with Gasteiger partial charge in [-0.25, -0.2) is 9.67 Å². The van der Waals surface area contributed by atoms with Gasteiger partial charge in [0, 0.05) is 11.8 Å². The van der Waals surface area contributed by atoms with Gasteiger partial charge in [0.25, 0.3) is 0 Å². The highest BCUT2D eigenvalue weighted by Gasteiger charge is 2.34. The number of aromatic nitrogens is 3. The van der Waals surface area contributed by atoms with Crippen molar-refractivity contribution in [3.05, 3.63) is 76.2 Å². The normalized spacial score (nSPS) is 11.2. The highest BCUT2D eigenvalue weighted by molar-refractivity contribution is 6.30. The minimum absolute atomic E-state index is 0.00207. The minimum atomic E-state index is -4.62. The first-order chi connectivity index (χ1) is 12.8. The lowest BCUT2D eigenvalue weighted by atomic mass is 10.0. The molecule has 27 heavy (non-hydrogen) atoms. The summed E-state index contributed by atoms with van der Waals surface area (Å²) in [6, 6.07) is 11.0. The zero-order valence-corrected chi connectivity index (χ0v) is 14.3. The summed E-state index contributed by atoms with van der Waals surface area (Å²) in [5, 5.41) is 13.0. The fraction of sp³-hybridized carbons (Fsp3) is 0.111. The van der Waals surface area contributed by atoms with E-state index >= 15 is 0 Å². The van der Waals surface area contributed by atoms with Gasteiger partial charge in [-0.05, 0) is 24.3 Å². The van der Waals surface area contributed by atoms with E-state index in [-0.39, 0.29) is 22.8 Å². The third-order valence-electron chi connectivity index (χ3n) is 3.71. The SMILES string of the molecule is N#Cc1ccc(-n2ccc(CC(=O)c3ccccc3C(F)(F)F)n2)nc1Cl. The van der Waals surface area contributed by atoms with E-state index in [1.807, 2.05) is 6.07 Å². The standard InChI is InChI=1S/C18H10ClF3N4O/c19-17-11(10-23)5-6-16(24-17)26-8-7-12(25-26)9-15(27)13-3-1-2-4-14(13)18(20,21)22/h1-8H,9H2. The Balaban J connectivity index is 1.84. The van der Waals surface area contributed by atoms with E-state index in [2.05, 4.69) is 10.1 Å². The number of nitriles is 1. The average Bonchev–Trinajstić information content (AvgIpc) is 3.09. The van der Waals surface area contributed by atoms with Gasteiger partial charge in [0.1, 0.15) is 11.2 Å². The van der Waals surface area contributed by atoms with Crippen LogP contribution in [0.15, 0.2) is 48.7 Å².